The molecule has 0 amide bonds. The third-order valence-electron chi connectivity index (χ3n) is 7.61. The number of benzene rings is 2. The van der Waals surface area contributed by atoms with Gasteiger partial charge in [0.15, 0.2) is 0 Å². The largest absolute Gasteiger partial charge is 0.573 e. The highest BCUT2D eigenvalue weighted by Gasteiger charge is 2.43. The molecule has 1 fully saturated rings. The molecule has 1 heterocycles. The van der Waals surface area contributed by atoms with E-state index in [0.717, 1.165) is 35.2 Å². The third-order valence-corrected chi connectivity index (χ3v) is 7.61. The number of aromatic nitrogens is 3. The first-order valence-corrected chi connectivity index (χ1v) is 14.0. The fourth-order valence-electron chi connectivity index (χ4n) is 5.65. The second kappa shape index (κ2) is 13.0. The monoisotopic (exact) mass is 603 g/mol. The number of aryl methyl sites for hydroxylation is 2. The van der Waals surface area contributed by atoms with Gasteiger partial charge in [-0.1, -0.05) is 19.0 Å². The van der Waals surface area contributed by atoms with Crippen molar-refractivity contribution in [2.24, 2.45) is 22.4 Å². The minimum absolute atomic E-state index is 0.0580. The van der Waals surface area contributed by atoms with Crippen molar-refractivity contribution in [3.63, 3.8) is 0 Å². The lowest BCUT2D eigenvalue weighted by Gasteiger charge is -2.40. The van der Waals surface area contributed by atoms with Crippen LogP contribution in [-0.4, -0.2) is 41.5 Å². The van der Waals surface area contributed by atoms with E-state index >= 15 is 0 Å². The Labute approximate surface area is 249 Å². The number of alkyl halides is 3. The van der Waals surface area contributed by atoms with Crippen molar-refractivity contribution in [1.82, 2.24) is 9.78 Å². The summed E-state index contributed by atoms with van der Waals surface area (Å²) in [5, 5.41) is 9.05. The molecule has 2 aromatic carbocycles. The lowest BCUT2D eigenvalue weighted by molar-refractivity contribution is -0.689. The zero-order valence-electron chi connectivity index (χ0n) is 25.3. The minimum atomic E-state index is -4.75. The van der Waals surface area contributed by atoms with Gasteiger partial charge in [-0.3, -0.25) is 4.79 Å². The number of ether oxygens (including phenoxy) is 3. The Morgan fingerprint density at radius 3 is 2.40 bits per heavy atom. The molecule has 0 aliphatic heterocycles. The molecule has 0 unspecified atom stereocenters. The average molecular weight is 604 g/mol. The number of hydrogen-bond donors (Lipinski definition) is 0. The standard InChI is InChI=1S/C31H38F3N4O5/c1-20-13-23(14-21(2)28(20)42-22(3)39)15-37-18-35-38(19-37)16-27-24(11-12-30(4,5)29(27)36-40-6)17-41-25-7-9-26(10-8-25)43-31(32,33)34/h7-10,13-14,18-19,24,27H,11-12,15-17H2,1-6H3/q+1/b36-29+/t24-,27-/m0/s1. The Morgan fingerprint density at radius 1 is 1.14 bits per heavy atom. The van der Waals surface area contributed by atoms with E-state index in [1.54, 1.807) is 6.33 Å². The zero-order valence-corrected chi connectivity index (χ0v) is 25.3. The number of rotatable bonds is 10. The SMILES string of the molecule is CO/N=C1\[C@@H](Cn2c[n+](Cc3cc(C)c(OC(C)=O)c(C)c3)cn2)[C@H](COc2ccc(OC(F)(F)F)cc2)CCC1(C)C. The van der Waals surface area contributed by atoms with Crippen LogP contribution in [-0.2, 0) is 22.7 Å². The molecule has 1 aromatic heterocycles. The summed E-state index contributed by atoms with van der Waals surface area (Å²) in [5.41, 5.74) is 3.53. The summed E-state index contributed by atoms with van der Waals surface area (Å²) in [6.07, 6.45) is 0.694. The fraction of sp³-hybridized carbons (Fsp3) is 0.484. The molecule has 1 saturated carbocycles. The van der Waals surface area contributed by atoms with Crippen molar-refractivity contribution < 1.29 is 41.6 Å². The number of nitrogens with zero attached hydrogens (tertiary/aromatic N) is 4. The number of halogens is 3. The summed E-state index contributed by atoms with van der Waals surface area (Å²) >= 11 is 0. The first kappa shape index (κ1) is 31.8. The number of oxime groups is 1. The van der Waals surface area contributed by atoms with Crippen LogP contribution in [0.3, 0.4) is 0 Å². The second-order valence-corrected chi connectivity index (χ2v) is 11.6. The van der Waals surface area contributed by atoms with E-state index in [9.17, 15) is 18.0 Å². The van der Waals surface area contributed by atoms with Crippen molar-refractivity contribution in [2.75, 3.05) is 13.7 Å². The second-order valence-electron chi connectivity index (χ2n) is 11.6. The van der Waals surface area contributed by atoms with Crippen molar-refractivity contribution in [2.45, 2.75) is 66.9 Å². The number of hydrogen-bond acceptors (Lipinski definition) is 7. The maximum absolute atomic E-state index is 12.5. The van der Waals surface area contributed by atoms with Crippen LogP contribution in [0.4, 0.5) is 13.2 Å². The van der Waals surface area contributed by atoms with Crippen LogP contribution in [0.2, 0.25) is 0 Å². The van der Waals surface area contributed by atoms with Gasteiger partial charge in [0.2, 0.25) is 6.33 Å². The highest BCUT2D eigenvalue weighted by Crippen LogP contribution is 2.41. The van der Waals surface area contributed by atoms with Gasteiger partial charge in [0.1, 0.15) is 30.9 Å². The van der Waals surface area contributed by atoms with Gasteiger partial charge in [-0.15, -0.1) is 17.9 Å². The first-order valence-electron chi connectivity index (χ1n) is 14.0. The van der Waals surface area contributed by atoms with E-state index in [-0.39, 0.29) is 29.0 Å². The Kier molecular flexibility index (Phi) is 9.66. The van der Waals surface area contributed by atoms with Crippen LogP contribution in [0, 0.1) is 31.1 Å². The number of carbonyl (C=O) groups is 1. The van der Waals surface area contributed by atoms with Crippen LogP contribution >= 0.6 is 0 Å². The van der Waals surface area contributed by atoms with Crippen molar-refractivity contribution >= 4 is 11.7 Å². The highest BCUT2D eigenvalue weighted by molar-refractivity contribution is 5.92. The van der Waals surface area contributed by atoms with Crippen LogP contribution in [0.25, 0.3) is 0 Å². The zero-order chi connectivity index (χ0) is 31.4. The topological polar surface area (TPSA) is 88.1 Å². The fourth-order valence-corrected chi connectivity index (χ4v) is 5.65. The summed E-state index contributed by atoms with van der Waals surface area (Å²) in [6, 6.07) is 9.39. The molecule has 1 aliphatic rings. The van der Waals surface area contributed by atoms with Crippen molar-refractivity contribution in [3.05, 3.63) is 65.7 Å². The van der Waals surface area contributed by atoms with E-state index in [0.29, 0.717) is 31.2 Å². The molecule has 0 spiro atoms. The van der Waals surface area contributed by atoms with Gasteiger partial charge in [-0.05, 0) is 79.8 Å². The molecule has 2 atom stereocenters. The summed E-state index contributed by atoms with van der Waals surface area (Å²) < 4.78 is 56.7. The van der Waals surface area contributed by atoms with Crippen molar-refractivity contribution in [3.8, 4) is 17.2 Å². The molecule has 232 valence electrons. The molecule has 0 N–H and O–H groups in total. The molecular formula is C31H38F3N4O5+. The maximum atomic E-state index is 12.5. The normalized spacial score (nSPS) is 19.2. The predicted molar refractivity (Wildman–Crippen MR) is 152 cm³/mol. The maximum Gasteiger partial charge on any atom is 0.573 e. The van der Waals surface area contributed by atoms with E-state index in [1.165, 1.54) is 38.3 Å². The van der Waals surface area contributed by atoms with Crippen LogP contribution in [0.1, 0.15) is 50.3 Å². The molecule has 0 radical (unpaired) electrons. The van der Waals surface area contributed by atoms with Crippen molar-refractivity contribution in [1.29, 1.82) is 0 Å². The summed E-state index contributed by atoms with van der Waals surface area (Å²) in [4.78, 5) is 16.7. The van der Waals surface area contributed by atoms with Crippen LogP contribution in [0.15, 0.2) is 54.2 Å². The summed E-state index contributed by atoms with van der Waals surface area (Å²) in [6.45, 7) is 11.0. The van der Waals surface area contributed by atoms with Gasteiger partial charge in [0, 0.05) is 29.3 Å². The highest BCUT2D eigenvalue weighted by atomic mass is 19.4. The van der Waals surface area contributed by atoms with Crippen LogP contribution in [0.5, 0.6) is 17.2 Å². The molecule has 4 rings (SSSR count). The Hall–Kier alpha value is -4.09. The van der Waals surface area contributed by atoms with Gasteiger partial charge in [0.25, 0.3) is 6.33 Å². The molecule has 0 bridgehead atoms. The van der Waals surface area contributed by atoms with E-state index in [4.69, 9.17) is 14.3 Å². The Morgan fingerprint density at radius 2 is 1.79 bits per heavy atom. The quantitative estimate of drug-likeness (QED) is 0.126. The van der Waals surface area contributed by atoms with Gasteiger partial charge >= 0.3 is 12.3 Å². The number of esters is 1. The lowest BCUT2D eigenvalue weighted by atomic mass is 9.65. The summed E-state index contributed by atoms with van der Waals surface area (Å²) in [7, 11) is 1.53. The van der Waals surface area contributed by atoms with Gasteiger partial charge in [-0.25, -0.2) is 4.57 Å². The molecule has 9 nitrogen and oxygen atoms in total. The average Bonchev–Trinajstić information content (AvgIpc) is 3.34. The predicted octanol–water partition coefficient (Wildman–Crippen LogP) is 5.79. The molecule has 3 aromatic rings. The van der Waals surface area contributed by atoms with Gasteiger partial charge < -0.3 is 19.0 Å². The minimum Gasteiger partial charge on any atom is -0.493 e. The smallest absolute Gasteiger partial charge is 0.493 e. The summed E-state index contributed by atoms with van der Waals surface area (Å²) in [5.74, 6) is 0.381. The Balaban J connectivity index is 1.49. The molecule has 1 aliphatic carbocycles. The Bertz CT molecular complexity index is 1430. The molecule has 12 heteroatoms. The van der Waals surface area contributed by atoms with E-state index < -0.39 is 6.36 Å². The van der Waals surface area contributed by atoms with Gasteiger partial charge in [-0.2, -0.15) is 0 Å². The first-order chi connectivity index (χ1) is 20.2. The lowest BCUT2D eigenvalue weighted by Crippen LogP contribution is -2.44. The number of carbonyl (C=O) groups excluding carboxylic acids is 1. The third kappa shape index (κ3) is 8.48. The van der Waals surface area contributed by atoms with E-state index in [1.807, 2.05) is 41.6 Å². The molecule has 0 saturated heterocycles. The van der Waals surface area contributed by atoms with Crippen LogP contribution < -0.4 is 18.8 Å². The molecule has 43 heavy (non-hydrogen) atoms. The van der Waals surface area contributed by atoms with E-state index in [2.05, 4.69) is 28.8 Å². The van der Waals surface area contributed by atoms with Gasteiger partial charge in [0.05, 0.1) is 18.9 Å². The molecular weight excluding hydrogens is 565 g/mol.